The number of H-pyrrole nitrogens is 1. The number of benzene rings is 1. The molecule has 0 aliphatic heterocycles. The van der Waals surface area contributed by atoms with Crippen molar-refractivity contribution in [2.24, 2.45) is 0 Å². The average Bonchev–Trinajstić information content (AvgIpc) is 3.29. The first-order chi connectivity index (χ1) is 12.3. The summed E-state index contributed by atoms with van der Waals surface area (Å²) in [5, 5.41) is 2.70. The molecule has 4 aromatic rings. The maximum absolute atomic E-state index is 12.3. The number of fused-ring (bicyclic) bond motifs is 1. The number of nitrogens with zero attached hydrogens (tertiary/aromatic N) is 1. The van der Waals surface area contributed by atoms with Crippen molar-refractivity contribution in [2.45, 2.75) is 19.6 Å². The van der Waals surface area contributed by atoms with Gasteiger partial charge in [-0.25, -0.2) is 4.98 Å². The summed E-state index contributed by atoms with van der Waals surface area (Å²) in [6, 6.07) is 15.5. The van der Waals surface area contributed by atoms with Crippen molar-refractivity contribution in [2.75, 3.05) is 0 Å². The van der Waals surface area contributed by atoms with E-state index < -0.39 is 0 Å². The second kappa shape index (κ2) is 7.04. The molecule has 0 fully saturated rings. The Morgan fingerprint density at radius 2 is 1.96 bits per heavy atom. The predicted octanol–water partition coefficient (Wildman–Crippen LogP) is 2.36. The van der Waals surface area contributed by atoms with E-state index in [9.17, 15) is 4.79 Å². The van der Waals surface area contributed by atoms with E-state index >= 15 is 0 Å². The lowest BCUT2D eigenvalue weighted by Crippen LogP contribution is -3.08. The summed E-state index contributed by atoms with van der Waals surface area (Å²) in [6.07, 6.45) is 1.69. The number of para-hydroxylation sites is 1. The van der Waals surface area contributed by atoms with E-state index in [0.29, 0.717) is 17.8 Å². The average molecular weight is 352 g/mol. The van der Waals surface area contributed by atoms with Crippen LogP contribution in [0, 0.1) is 0 Å². The number of furan rings is 1. The van der Waals surface area contributed by atoms with E-state index in [2.05, 4.69) is 27.5 Å². The predicted molar refractivity (Wildman–Crippen MR) is 97.5 cm³/mol. The highest BCUT2D eigenvalue weighted by Crippen LogP contribution is 2.08. The first-order valence-corrected chi connectivity index (χ1v) is 9.02. The lowest BCUT2D eigenvalue weighted by Gasteiger charge is -2.17. The van der Waals surface area contributed by atoms with Gasteiger partial charge in [0.2, 0.25) is 0 Å². The van der Waals surface area contributed by atoms with Gasteiger partial charge in [-0.05, 0) is 35.7 Å². The Balaban J connectivity index is 1.62. The van der Waals surface area contributed by atoms with Gasteiger partial charge in [-0.2, -0.15) is 0 Å². The molecule has 3 aromatic heterocycles. The molecule has 0 saturated heterocycles. The molecule has 1 unspecified atom stereocenters. The third-order valence-corrected chi connectivity index (χ3v) is 4.96. The molecule has 25 heavy (non-hydrogen) atoms. The molecule has 4 rings (SSSR count). The molecule has 2 N–H and O–H groups in total. The van der Waals surface area contributed by atoms with Gasteiger partial charge in [0.25, 0.3) is 5.56 Å². The molecule has 1 atom stereocenters. The lowest BCUT2D eigenvalue weighted by molar-refractivity contribution is -0.942. The molecule has 6 heteroatoms. The zero-order valence-electron chi connectivity index (χ0n) is 13.6. The summed E-state index contributed by atoms with van der Waals surface area (Å²) in [4.78, 5) is 22.4. The number of nitrogens with one attached hydrogen (secondary N) is 2. The van der Waals surface area contributed by atoms with E-state index in [1.165, 1.54) is 9.78 Å². The van der Waals surface area contributed by atoms with Crippen LogP contribution >= 0.6 is 11.3 Å². The van der Waals surface area contributed by atoms with Gasteiger partial charge in [0.05, 0.1) is 22.0 Å². The minimum Gasteiger partial charge on any atom is -0.463 e. The van der Waals surface area contributed by atoms with Crippen LogP contribution in [-0.4, -0.2) is 9.97 Å². The Morgan fingerprint density at radius 3 is 2.76 bits per heavy atom. The Bertz CT molecular complexity index is 971. The first-order valence-electron chi connectivity index (χ1n) is 8.14. The monoisotopic (exact) mass is 352 g/mol. The third-order valence-electron chi connectivity index (χ3n) is 4.09. The maximum Gasteiger partial charge on any atom is 0.258 e. The molecule has 0 amide bonds. The molecule has 0 saturated carbocycles. The molecule has 126 valence electrons. The van der Waals surface area contributed by atoms with Gasteiger partial charge in [-0.1, -0.05) is 18.2 Å². The van der Waals surface area contributed by atoms with E-state index in [0.717, 1.165) is 24.4 Å². The standard InChI is InChI=1S/C19H17N3O2S/c23-19-16-7-1-2-8-17(16)20-18(21-19)13-22(11-14-5-3-9-24-14)12-15-6-4-10-25-15/h1-10H,11-13H2,(H,20,21,23)/p+1. The number of rotatable bonds is 6. The highest BCUT2D eigenvalue weighted by Gasteiger charge is 2.16. The van der Waals surface area contributed by atoms with Gasteiger partial charge in [-0.15, -0.1) is 11.3 Å². The number of hydrogen-bond donors (Lipinski definition) is 2. The fourth-order valence-electron chi connectivity index (χ4n) is 2.96. The van der Waals surface area contributed by atoms with Crippen molar-refractivity contribution in [3.63, 3.8) is 0 Å². The lowest BCUT2D eigenvalue weighted by atomic mass is 10.2. The molecule has 0 aliphatic carbocycles. The number of aromatic nitrogens is 2. The molecule has 0 spiro atoms. The van der Waals surface area contributed by atoms with Crippen LogP contribution in [0.5, 0.6) is 0 Å². The highest BCUT2D eigenvalue weighted by molar-refractivity contribution is 7.09. The van der Waals surface area contributed by atoms with Crippen molar-refractivity contribution in [3.8, 4) is 0 Å². The van der Waals surface area contributed by atoms with Crippen LogP contribution in [-0.2, 0) is 19.6 Å². The van der Waals surface area contributed by atoms with E-state index in [1.807, 2.05) is 30.3 Å². The van der Waals surface area contributed by atoms with Gasteiger partial charge in [-0.3, -0.25) is 4.79 Å². The summed E-state index contributed by atoms with van der Waals surface area (Å²) < 4.78 is 5.51. The van der Waals surface area contributed by atoms with Crippen LogP contribution in [0.4, 0.5) is 0 Å². The molecular formula is C19H18N3O2S+. The second-order valence-corrected chi connectivity index (χ2v) is 7.00. The molecule has 0 aliphatic rings. The Labute approximate surface area is 148 Å². The zero-order chi connectivity index (χ0) is 17.1. The van der Waals surface area contributed by atoms with Gasteiger partial charge in [0, 0.05) is 0 Å². The fourth-order valence-corrected chi connectivity index (χ4v) is 3.74. The van der Waals surface area contributed by atoms with Crippen LogP contribution in [0.1, 0.15) is 16.5 Å². The van der Waals surface area contributed by atoms with Crippen LogP contribution in [0.3, 0.4) is 0 Å². The van der Waals surface area contributed by atoms with Crippen molar-refractivity contribution in [3.05, 3.63) is 87.0 Å². The maximum atomic E-state index is 12.3. The number of quaternary nitrogens is 1. The first kappa shape index (κ1) is 15.8. The van der Waals surface area contributed by atoms with E-state index in [-0.39, 0.29) is 5.56 Å². The zero-order valence-corrected chi connectivity index (χ0v) is 14.4. The topological polar surface area (TPSA) is 63.3 Å². The summed E-state index contributed by atoms with van der Waals surface area (Å²) in [7, 11) is 0. The minimum atomic E-state index is -0.0888. The van der Waals surface area contributed by atoms with Crippen molar-refractivity contribution in [1.82, 2.24) is 9.97 Å². The number of hydrogen-bond acceptors (Lipinski definition) is 4. The summed E-state index contributed by atoms with van der Waals surface area (Å²) in [5.41, 5.74) is 0.642. The van der Waals surface area contributed by atoms with Gasteiger partial charge >= 0.3 is 0 Å². The Hall–Kier alpha value is -2.70. The van der Waals surface area contributed by atoms with Gasteiger partial charge in [0.1, 0.15) is 19.6 Å². The fraction of sp³-hybridized carbons (Fsp3) is 0.158. The van der Waals surface area contributed by atoms with Crippen LogP contribution < -0.4 is 10.5 Å². The van der Waals surface area contributed by atoms with Gasteiger partial charge in [0.15, 0.2) is 11.6 Å². The number of thiophene rings is 1. The highest BCUT2D eigenvalue weighted by atomic mass is 32.1. The van der Waals surface area contributed by atoms with Crippen LogP contribution in [0.2, 0.25) is 0 Å². The normalized spacial score (nSPS) is 12.5. The van der Waals surface area contributed by atoms with Crippen LogP contribution in [0.25, 0.3) is 10.9 Å². The molecule has 5 nitrogen and oxygen atoms in total. The minimum absolute atomic E-state index is 0.0888. The molecule has 3 heterocycles. The van der Waals surface area contributed by atoms with Crippen molar-refractivity contribution in [1.29, 1.82) is 0 Å². The molecular weight excluding hydrogens is 334 g/mol. The molecule has 0 bridgehead atoms. The Morgan fingerprint density at radius 1 is 1.04 bits per heavy atom. The molecule has 0 radical (unpaired) electrons. The van der Waals surface area contributed by atoms with Crippen molar-refractivity contribution < 1.29 is 9.32 Å². The largest absolute Gasteiger partial charge is 0.463 e. The van der Waals surface area contributed by atoms with Crippen molar-refractivity contribution >= 4 is 22.2 Å². The second-order valence-electron chi connectivity index (χ2n) is 5.97. The quantitative estimate of drug-likeness (QED) is 0.560. The SMILES string of the molecule is O=c1[nH]c(C[NH+](Cc2ccco2)Cc2cccs2)nc2ccccc12. The molecule has 1 aromatic carbocycles. The summed E-state index contributed by atoms with van der Waals surface area (Å²) in [6.45, 7) is 2.22. The third kappa shape index (κ3) is 3.70. The van der Waals surface area contributed by atoms with E-state index in [4.69, 9.17) is 4.42 Å². The van der Waals surface area contributed by atoms with E-state index in [1.54, 1.807) is 23.7 Å². The summed E-state index contributed by atoms with van der Waals surface area (Å²) >= 11 is 1.74. The smallest absolute Gasteiger partial charge is 0.258 e. The Kier molecular flexibility index (Phi) is 4.45. The number of aromatic amines is 1. The van der Waals surface area contributed by atoms with Crippen LogP contribution in [0.15, 0.2) is 69.4 Å². The summed E-state index contributed by atoms with van der Waals surface area (Å²) in [5.74, 6) is 1.62. The van der Waals surface area contributed by atoms with Gasteiger partial charge < -0.3 is 14.3 Å².